The highest BCUT2D eigenvalue weighted by atomic mass is 32.1. The van der Waals surface area contributed by atoms with Gasteiger partial charge >= 0.3 is 0 Å². The summed E-state index contributed by atoms with van der Waals surface area (Å²) in [6.45, 7) is 0. The maximum atomic E-state index is 4.25. The minimum absolute atomic E-state index is 0.296. The molecule has 1 unspecified atom stereocenters. The second kappa shape index (κ2) is 4.78. The molecule has 1 atom stereocenters. The highest BCUT2D eigenvalue weighted by Gasteiger charge is 2.20. The molecule has 0 aliphatic heterocycles. The highest BCUT2D eigenvalue weighted by molar-refractivity contribution is 7.12. The number of nitrogens with one attached hydrogen (secondary N) is 1. The van der Waals surface area contributed by atoms with E-state index in [1.807, 2.05) is 18.4 Å². The normalized spacial score (nSPS) is 15.9. The summed E-state index contributed by atoms with van der Waals surface area (Å²) in [6.07, 6.45) is 4.60. The van der Waals surface area contributed by atoms with Gasteiger partial charge in [0, 0.05) is 22.2 Å². The van der Waals surface area contributed by atoms with E-state index in [0.29, 0.717) is 6.04 Å². The van der Waals surface area contributed by atoms with Gasteiger partial charge < -0.3 is 5.32 Å². The Morgan fingerprint density at radius 2 is 2.39 bits per heavy atom. The third-order valence-electron chi connectivity index (χ3n) is 3.39. The largest absolute Gasteiger partial charge is 0.312 e. The maximum absolute atomic E-state index is 4.25. The van der Waals surface area contributed by atoms with Crippen LogP contribution >= 0.6 is 11.3 Å². The van der Waals surface area contributed by atoms with Gasteiger partial charge in [0.1, 0.15) is 0 Å². The third kappa shape index (κ3) is 2.18. The van der Waals surface area contributed by atoms with Crippen molar-refractivity contribution in [3.63, 3.8) is 0 Å². The fourth-order valence-electron chi connectivity index (χ4n) is 2.46. The van der Waals surface area contributed by atoms with Gasteiger partial charge in [0.05, 0.1) is 7.05 Å². The Balaban J connectivity index is 1.79. The molecule has 0 radical (unpaired) electrons. The molecule has 1 aliphatic carbocycles. The minimum atomic E-state index is 0.296. The molecule has 0 amide bonds. The molecule has 0 saturated heterocycles. The number of hydrogen-bond acceptors (Lipinski definition) is 5. The zero-order chi connectivity index (χ0) is 12.5. The van der Waals surface area contributed by atoms with Crippen molar-refractivity contribution in [1.82, 2.24) is 25.5 Å². The Morgan fingerprint density at radius 1 is 1.50 bits per heavy atom. The lowest BCUT2D eigenvalue weighted by Gasteiger charge is -2.11. The number of hydrogen-bond donors (Lipinski definition) is 1. The van der Waals surface area contributed by atoms with Gasteiger partial charge in [0.25, 0.3) is 0 Å². The van der Waals surface area contributed by atoms with Crippen molar-refractivity contribution in [3.05, 3.63) is 27.2 Å². The smallest absolute Gasteiger partial charge is 0.176 e. The van der Waals surface area contributed by atoms with Crippen LogP contribution in [0.4, 0.5) is 0 Å². The number of fused-ring (bicyclic) bond motifs is 1. The number of nitrogens with zero attached hydrogens (tertiary/aromatic N) is 4. The van der Waals surface area contributed by atoms with E-state index >= 15 is 0 Å². The van der Waals surface area contributed by atoms with Gasteiger partial charge in [-0.15, -0.1) is 21.5 Å². The molecule has 1 aliphatic rings. The number of aromatic nitrogens is 4. The highest BCUT2D eigenvalue weighted by Crippen LogP contribution is 2.34. The first-order chi connectivity index (χ1) is 8.76. The van der Waals surface area contributed by atoms with Crippen molar-refractivity contribution < 1.29 is 0 Å². The SMILES string of the molecule is CNC(Cc1nnn(C)n1)c1cc2c(s1)CCC2. The Hall–Kier alpha value is -1.27. The summed E-state index contributed by atoms with van der Waals surface area (Å²) in [7, 11) is 3.79. The van der Waals surface area contributed by atoms with Gasteiger partial charge in [-0.25, -0.2) is 0 Å². The maximum Gasteiger partial charge on any atom is 0.176 e. The first kappa shape index (κ1) is 11.8. The van der Waals surface area contributed by atoms with Gasteiger partial charge in [-0.1, -0.05) is 0 Å². The number of aryl methyl sites for hydroxylation is 3. The van der Waals surface area contributed by atoms with Gasteiger partial charge in [-0.05, 0) is 43.2 Å². The molecule has 2 aromatic heterocycles. The second-order valence-corrected chi connectivity index (χ2v) is 5.86. The van der Waals surface area contributed by atoms with Crippen molar-refractivity contribution in [3.8, 4) is 0 Å². The minimum Gasteiger partial charge on any atom is -0.312 e. The monoisotopic (exact) mass is 263 g/mol. The lowest BCUT2D eigenvalue weighted by Crippen LogP contribution is -2.18. The van der Waals surface area contributed by atoms with Gasteiger partial charge in [0.15, 0.2) is 5.82 Å². The fourth-order valence-corrected chi connectivity index (χ4v) is 3.82. The van der Waals surface area contributed by atoms with Crippen LogP contribution in [0.25, 0.3) is 0 Å². The summed E-state index contributed by atoms with van der Waals surface area (Å²) in [5.41, 5.74) is 1.54. The predicted molar refractivity (Wildman–Crippen MR) is 70.6 cm³/mol. The van der Waals surface area contributed by atoms with Crippen molar-refractivity contribution in [1.29, 1.82) is 0 Å². The van der Waals surface area contributed by atoms with Crippen LogP contribution < -0.4 is 5.32 Å². The summed E-state index contributed by atoms with van der Waals surface area (Å²) in [5.74, 6) is 0.797. The topological polar surface area (TPSA) is 55.6 Å². The Labute approximate surface area is 110 Å². The van der Waals surface area contributed by atoms with Crippen molar-refractivity contribution in [2.45, 2.75) is 31.7 Å². The van der Waals surface area contributed by atoms with E-state index in [2.05, 4.69) is 26.8 Å². The molecule has 96 valence electrons. The van der Waals surface area contributed by atoms with E-state index in [1.54, 1.807) is 17.5 Å². The second-order valence-electron chi connectivity index (χ2n) is 4.69. The first-order valence-electron chi connectivity index (χ1n) is 6.28. The Kier molecular flexibility index (Phi) is 3.13. The Morgan fingerprint density at radius 3 is 3.06 bits per heavy atom. The van der Waals surface area contributed by atoms with E-state index in [1.165, 1.54) is 28.9 Å². The van der Waals surface area contributed by atoms with E-state index in [0.717, 1.165) is 12.2 Å². The van der Waals surface area contributed by atoms with Crippen LogP contribution in [0.1, 0.15) is 33.6 Å². The molecule has 5 nitrogen and oxygen atoms in total. The molecule has 0 fully saturated rings. The molecule has 6 heteroatoms. The Bertz CT molecular complexity index is 523. The van der Waals surface area contributed by atoms with Crippen molar-refractivity contribution in [2.24, 2.45) is 7.05 Å². The van der Waals surface area contributed by atoms with Crippen LogP contribution in [-0.2, 0) is 26.3 Å². The zero-order valence-corrected chi connectivity index (χ0v) is 11.5. The van der Waals surface area contributed by atoms with Crippen LogP contribution in [0.2, 0.25) is 0 Å². The number of likely N-dealkylation sites (N-methyl/N-ethyl adjacent to an activating group) is 1. The van der Waals surface area contributed by atoms with E-state index in [9.17, 15) is 0 Å². The van der Waals surface area contributed by atoms with Crippen LogP contribution in [0.3, 0.4) is 0 Å². The molecule has 0 spiro atoms. The van der Waals surface area contributed by atoms with E-state index in [-0.39, 0.29) is 0 Å². The summed E-state index contributed by atoms with van der Waals surface area (Å²) in [4.78, 5) is 4.48. The van der Waals surface area contributed by atoms with E-state index < -0.39 is 0 Å². The van der Waals surface area contributed by atoms with Crippen LogP contribution in [0.5, 0.6) is 0 Å². The summed E-state index contributed by atoms with van der Waals surface area (Å²) >= 11 is 1.94. The molecular weight excluding hydrogens is 246 g/mol. The summed E-state index contributed by atoms with van der Waals surface area (Å²) in [5, 5.41) is 15.5. The summed E-state index contributed by atoms with van der Waals surface area (Å²) in [6, 6.07) is 2.65. The lowest BCUT2D eigenvalue weighted by atomic mass is 10.1. The predicted octanol–water partition coefficient (Wildman–Crippen LogP) is 1.26. The molecule has 0 saturated carbocycles. The zero-order valence-electron chi connectivity index (χ0n) is 10.7. The van der Waals surface area contributed by atoms with Crippen LogP contribution in [-0.4, -0.2) is 27.3 Å². The third-order valence-corrected chi connectivity index (χ3v) is 4.74. The molecule has 0 aromatic carbocycles. The molecular formula is C12H17N5S. The van der Waals surface area contributed by atoms with E-state index in [4.69, 9.17) is 0 Å². The number of tetrazole rings is 1. The first-order valence-corrected chi connectivity index (χ1v) is 7.09. The van der Waals surface area contributed by atoms with Crippen molar-refractivity contribution in [2.75, 3.05) is 7.05 Å². The molecule has 2 heterocycles. The number of rotatable bonds is 4. The molecule has 18 heavy (non-hydrogen) atoms. The van der Waals surface area contributed by atoms with Crippen LogP contribution in [0.15, 0.2) is 6.07 Å². The molecule has 3 rings (SSSR count). The lowest BCUT2D eigenvalue weighted by molar-refractivity contribution is 0.578. The average Bonchev–Trinajstić information content (AvgIpc) is 3.00. The van der Waals surface area contributed by atoms with Gasteiger partial charge in [-0.2, -0.15) is 4.80 Å². The van der Waals surface area contributed by atoms with Gasteiger partial charge in [-0.3, -0.25) is 0 Å². The van der Waals surface area contributed by atoms with Crippen molar-refractivity contribution >= 4 is 11.3 Å². The molecule has 2 aromatic rings. The summed E-state index contributed by atoms with van der Waals surface area (Å²) < 4.78 is 0. The average molecular weight is 263 g/mol. The van der Waals surface area contributed by atoms with Crippen LogP contribution in [0, 0.1) is 0 Å². The quantitative estimate of drug-likeness (QED) is 0.902. The molecule has 1 N–H and O–H groups in total. The standard InChI is InChI=1S/C12H17N5S/c1-13-9(7-12-14-16-17(2)15-12)11-6-8-4-3-5-10(8)18-11/h6,9,13H,3-5,7H2,1-2H3. The number of thiophene rings is 1. The fraction of sp³-hybridized carbons (Fsp3) is 0.583. The molecule has 0 bridgehead atoms. The van der Waals surface area contributed by atoms with Gasteiger partial charge in [0.2, 0.25) is 0 Å².